The van der Waals surface area contributed by atoms with E-state index in [1.807, 2.05) is 6.92 Å². The number of amides is 15. The van der Waals surface area contributed by atoms with E-state index in [0.717, 1.165) is 36.3 Å². The summed E-state index contributed by atoms with van der Waals surface area (Å²) in [7, 11) is 6.45. The number of aromatic nitrogens is 1. The first-order chi connectivity index (χ1) is 61.8. The van der Waals surface area contributed by atoms with Crippen molar-refractivity contribution >= 4 is 117 Å². The average molecular weight is 1810 g/mol. The summed E-state index contributed by atoms with van der Waals surface area (Å²) in [6, 6.07) is 23.9. The van der Waals surface area contributed by atoms with Crippen LogP contribution in [0.4, 0.5) is 0 Å². The highest BCUT2D eigenvalue weighted by Crippen LogP contribution is 2.25. The van der Waals surface area contributed by atoms with Crippen molar-refractivity contribution in [3.8, 4) is 17.2 Å². The molecule has 15 amide bonds. The number of aliphatic carboxylic acids is 1. The van der Waals surface area contributed by atoms with Crippen LogP contribution in [0.2, 0.25) is 0 Å². The lowest BCUT2D eigenvalue weighted by Crippen LogP contribution is -2.61. The number of carboxylic acid groups (broad SMARTS) is 1. The fourth-order valence-electron chi connectivity index (χ4n) is 15.0. The summed E-state index contributed by atoms with van der Waals surface area (Å²) in [5.41, 5.74) is 8.90. The number of nitrogens with one attached hydrogen (secondary N) is 10. The number of carbonyl (C=O) groups excluding carboxylic acids is 15. The van der Waals surface area contributed by atoms with E-state index in [9.17, 15) is 58.8 Å². The van der Waals surface area contributed by atoms with Crippen molar-refractivity contribution < 1.29 is 97.1 Å². The number of nitrogens with zero attached hydrogens (tertiary/aromatic N) is 5. The van der Waals surface area contributed by atoms with Crippen LogP contribution in [0.25, 0.3) is 10.9 Å². The maximum atomic E-state index is 15.5. The molecule has 1 fully saturated rings. The number of hydrogen-bond acceptors (Lipinski definition) is 20. The maximum absolute atomic E-state index is 15.5. The summed E-state index contributed by atoms with van der Waals surface area (Å²) in [6.07, 6.45) is -0.168. The molecule has 11 atom stereocenters. The van der Waals surface area contributed by atoms with Crippen molar-refractivity contribution in [1.29, 1.82) is 0 Å². The van der Waals surface area contributed by atoms with Crippen molar-refractivity contribution in [3.63, 3.8) is 0 Å². The summed E-state index contributed by atoms with van der Waals surface area (Å²) in [5, 5.41) is 65.8. The number of fused-ring (bicyclic) bond motifs is 1. The zero-order chi connectivity index (χ0) is 95.2. The Balaban J connectivity index is 1.22. The van der Waals surface area contributed by atoms with E-state index in [2.05, 4.69) is 52.8 Å². The number of primary amides is 1. The molecule has 0 bridgehead atoms. The van der Waals surface area contributed by atoms with Crippen LogP contribution in [0.5, 0.6) is 17.2 Å². The minimum absolute atomic E-state index is 0.00892. The van der Waals surface area contributed by atoms with Crippen LogP contribution in [-0.2, 0) is 115 Å². The van der Waals surface area contributed by atoms with Crippen LogP contribution in [0.1, 0.15) is 100 Å². The minimum atomic E-state index is -1.92. The van der Waals surface area contributed by atoms with Crippen LogP contribution >= 0.6 is 11.8 Å². The Morgan fingerprint density at radius 2 is 0.892 bits per heavy atom. The van der Waals surface area contributed by atoms with Gasteiger partial charge in [-0.2, -0.15) is 0 Å². The predicted molar refractivity (Wildman–Crippen MR) is 484 cm³/mol. The highest BCUT2D eigenvalue weighted by Gasteiger charge is 2.42. The molecule has 7 aromatic rings. The zero-order valence-electron chi connectivity index (χ0n) is 74.5. The summed E-state index contributed by atoms with van der Waals surface area (Å²) in [5.74, 6) is -18.0. The summed E-state index contributed by atoms with van der Waals surface area (Å²) >= 11 is 0.798. The van der Waals surface area contributed by atoms with Crippen molar-refractivity contribution in [2.45, 2.75) is 172 Å². The van der Waals surface area contributed by atoms with Gasteiger partial charge in [-0.3, -0.25) is 76.7 Å². The van der Waals surface area contributed by atoms with Crippen LogP contribution < -0.4 is 53.6 Å². The third kappa shape index (κ3) is 30.4. The summed E-state index contributed by atoms with van der Waals surface area (Å²) < 4.78 is 0. The number of phenols is 3. The molecule has 0 unspecified atom stereocenters. The molecule has 2 heterocycles. The Bertz CT molecular complexity index is 5120. The van der Waals surface area contributed by atoms with Gasteiger partial charge in [0.05, 0.1) is 31.8 Å². The number of H-pyrrole nitrogens is 1. The second kappa shape index (κ2) is 48.9. The number of carbonyl (C=O) groups is 16. The Labute approximate surface area is 758 Å². The Morgan fingerprint density at radius 3 is 1.42 bits per heavy atom. The van der Waals surface area contributed by atoms with E-state index in [1.54, 1.807) is 119 Å². The number of phenolic OH excluding ortho intramolecular Hbond substituents is 3. The Morgan fingerprint density at radius 1 is 0.454 bits per heavy atom. The topological polar surface area (TPSA) is 520 Å². The van der Waals surface area contributed by atoms with Crippen molar-refractivity contribution in [3.05, 3.63) is 197 Å². The van der Waals surface area contributed by atoms with Gasteiger partial charge in [-0.15, -0.1) is 11.8 Å². The van der Waals surface area contributed by atoms with Crippen molar-refractivity contribution in [2.75, 3.05) is 66.4 Å². The molecule has 0 spiro atoms. The highest BCUT2D eigenvalue weighted by molar-refractivity contribution is 8.00. The summed E-state index contributed by atoms with van der Waals surface area (Å²) in [6.45, 7) is 6.09. The first-order valence-electron chi connectivity index (χ1n) is 42.8. The molecule has 37 heteroatoms. The Kier molecular flexibility index (Phi) is 38.2. The number of unbranched alkanes of at least 4 members (excludes halogenated alkanes) is 1. The van der Waals surface area contributed by atoms with Crippen molar-refractivity contribution in [1.82, 2.24) is 77.3 Å². The molecular weight excluding hydrogens is 1690 g/mol. The molecule has 0 aliphatic carbocycles. The number of thioether (sulfide) groups is 1. The third-order valence-electron chi connectivity index (χ3n) is 22.2. The van der Waals surface area contributed by atoms with Gasteiger partial charge in [-0.1, -0.05) is 163 Å². The van der Waals surface area contributed by atoms with Gasteiger partial charge >= 0.3 is 5.97 Å². The second-order valence-corrected chi connectivity index (χ2v) is 34.3. The normalized spacial score (nSPS) is 21.8. The van der Waals surface area contributed by atoms with Crippen LogP contribution in [0.15, 0.2) is 164 Å². The molecule has 16 N–H and O–H groups in total. The van der Waals surface area contributed by atoms with Crippen LogP contribution in [0, 0.1) is 11.8 Å². The average Bonchev–Trinajstić information content (AvgIpc) is 1.33. The third-order valence-corrected chi connectivity index (χ3v) is 23.2. The fourth-order valence-corrected chi connectivity index (χ4v) is 15.8. The standard InChI is InChI=1S/C93H118N16O20S/c1-11-12-27-74-91(127)106(7)51-79(115)98-70(47-81(117)118)87(123)104-82(55(4)5)93(129)108(9)75(44-56-21-15-13-16-22-56)88(124)102-71(42-59-30-36-63(111)37-31-59)89(125)105(6)50-78(114)97-69(46-61-48-95-66-26-20-19-25-65(61)66)86(122)101-68(41-58-28-34-62(110)35-29-58)85(121)100-67(40-54(2)3)84(120)103-73(83(119)96-49-77(94)113)52-130-53-80(116)99-72(43-60-32-38-64(112)39-33-60)90(126)109(10)76(92(128)107(74)8)45-57-23-17-14-18-24-57/h13-26,28-39,48,54-55,67-76,82,95,110-112H,11-12,27,40-47,49-53H2,1-10H3,(H2,94,113)(H,96,119)(H,97,114)(H,98,115)(H,99,116)(H,100,121)(H,101,122)(H,102,124)(H,103,120)(H,104,123)(H,117,118)/t67-,68-,69-,70-,71-,72-,73-,74-,75-,76-,82-/m0/s1. The molecule has 0 saturated carbocycles. The lowest BCUT2D eigenvalue weighted by molar-refractivity contribution is -0.151. The second-order valence-electron chi connectivity index (χ2n) is 33.2. The number of para-hydroxylation sites is 1. The largest absolute Gasteiger partial charge is 0.508 e. The molecule has 1 saturated heterocycles. The van der Waals surface area contributed by atoms with Gasteiger partial charge in [0, 0.05) is 96.6 Å². The molecular formula is C93H118N16O20S. The van der Waals surface area contributed by atoms with E-state index >= 15 is 38.4 Å². The van der Waals surface area contributed by atoms with Gasteiger partial charge in [-0.25, -0.2) is 0 Å². The number of aromatic hydroxyl groups is 3. The van der Waals surface area contributed by atoms with Gasteiger partial charge in [0.2, 0.25) is 88.6 Å². The molecule has 1 aromatic heterocycles. The van der Waals surface area contributed by atoms with E-state index < -0.39 is 205 Å². The number of aromatic amines is 1. The molecule has 0 radical (unpaired) electrons. The number of rotatable bonds is 23. The smallest absolute Gasteiger partial charge is 0.305 e. The van der Waals surface area contributed by atoms with E-state index in [-0.39, 0.29) is 74.5 Å². The summed E-state index contributed by atoms with van der Waals surface area (Å²) in [4.78, 5) is 243. The van der Waals surface area contributed by atoms with Crippen molar-refractivity contribution in [2.24, 2.45) is 17.6 Å². The predicted octanol–water partition coefficient (Wildman–Crippen LogP) is 2.03. The fraction of sp³-hybridized carbons (Fsp3) is 0.419. The lowest BCUT2D eigenvalue weighted by Gasteiger charge is -2.37. The molecule has 696 valence electrons. The highest BCUT2D eigenvalue weighted by atomic mass is 32.2. The molecule has 1 aliphatic rings. The lowest BCUT2D eigenvalue weighted by atomic mass is 9.98. The van der Waals surface area contributed by atoms with Crippen LogP contribution in [-0.4, -0.2) is 277 Å². The SMILES string of the molecule is CCCC[C@H]1C(=O)N(C)CC(=O)N[C@@H](CC(=O)O)C(=O)N[C@@H](C(C)C)C(=O)N(C)[C@@H](Cc2ccccc2)C(=O)N[C@@H](Cc2ccc(O)cc2)C(=O)N(C)CC(=O)N[C@@H](Cc2c[nH]c3ccccc23)C(=O)N[C@@H](Cc2ccc(O)cc2)C(=O)N[C@@H](CC(C)C)C(=O)N[C@H](C(=O)NCC(N)=O)CSCC(=O)N[C@@H](Cc2ccc(O)cc2)C(=O)N(C)[C@@H](Cc2ccccc2)C(=O)N1C. The maximum Gasteiger partial charge on any atom is 0.305 e. The van der Waals surface area contributed by atoms with Gasteiger partial charge in [0.25, 0.3) is 0 Å². The molecule has 36 nitrogen and oxygen atoms in total. The molecule has 130 heavy (non-hydrogen) atoms. The number of likely N-dealkylation sites (N-methyl/N-ethyl adjacent to an activating group) is 5. The van der Waals surface area contributed by atoms with E-state index in [4.69, 9.17) is 5.73 Å². The zero-order valence-corrected chi connectivity index (χ0v) is 75.3. The van der Waals surface area contributed by atoms with E-state index in [0.29, 0.717) is 57.1 Å². The monoisotopic (exact) mass is 1810 g/mol. The van der Waals surface area contributed by atoms with Gasteiger partial charge < -0.3 is 103 Å². The number of benzene rings is 6. The first-order valence-corrected chi connectivity index (χ1v) is 44.0. The molecule has 1 aliphatic heterocycles. The number of nitrogens with two attached hydrogens (primary N) is 1. The number of carboxylic acids is 1. The number of hydrogen-bond donors (Lipinski definition) is 15. The first kappa shape index (κ1) is 102. The Hall–Kier alpha value is -13.9. The molecule has 6 aromatic carbocycles. The minimum Gasteiger partial charge on any atom is -0.508 e. The van der Waals surface area contributed by atoms with E-state index in [1.165, 1.54) is 108 Å². The van der Waals surface area contributed by atoms with Gasteiger partial charge in [-0.05, 0) is 101 Å². The van der Waals surface area contributed by atoms with Gasteiger partial charge in [0.15, 0.2) is 0 Å². The van der Waals surface area contributed by atoms with Crippen LogP contribution in [0.3, 0.4) is 0 Å². The quantitative estimate of drug-likeness (QED) is 0.0436. The van der Waals surface area contributed by atoms with Gasteiger partial charge in [0.1, 0.15) is 83.7 Å². The molecule has 8 rings (SSSR count).